The molecule has 2 bridgehead atoms. The lowest BCUT2D eigenvalue weighted by Crippen LogP contribution is -2.39. The summed E-state index contributed by atoms with van der Waals surface area (Å²) in [6.45, 7) is 0.995. The zero-order valence-corrected chi connectivity index (χ0v) is 6.92. The third kappa shape index (κ3) is 0.926. The number of aliphatic hydroxyl groups excluding tert-OH is 1. The van der Waals surface area contributed by atoms with Crippen molar-refractivity contribution in [2.24, 2.45) is 23.0 Å². The van der Waals surface area contributed by atoms with Crippen molar-refractivity contribution in [2.75, 3.05) is 13.2 Å². The summed E-state index contributed by atoms with van der Waals surface area (Å²) >= 11 is 0. The Morgan fingerprint density at radius 3 is 2.55 bits per heavy atom. The van der Waals surface area contributed by atoms with Gasteiger partial charge >= 0.3 is 0 Å². The average Bonchev–Trinajstić information content (AvgIpc) is 2.62. The van der Waals surface area contributed by atoms with Crippen molar-refractivity contribution in [1.82, 2.24) is 0 Å². The van der Waals surface area contributed by atoms with Crippen LogP contribution in [0.25, 0.3) is 0 Å². The molecule has 0 aromatic carbocycles. The Kier molecular flexibility index (Phi) is 1.69. The Morgan fingerprint density at radius 1 is 1.45 bits per heavy atom. The average molecular weight is 155 g/mol. The summed E-state index contributed by atoms with van der Waals surface area (Å²) in [5.41, 5.74) is 5.83. The Labute approximate surface area is 67.8 Å². The smallest absolute Gasteiger partial charge is 0.0502 e. The van der Waals surface area contributed by atoms with E-state index < -0.39 is 0 Å². The second-order valence-corrected chi connectivity index (χ2v) is 4.30. The molecule has 0 aliphatic heterocycles. The van der Waals surface area contributed by atoms with E-state index in [1.54, 1.807) is 0 Å². The summed E-state index contributed by atoms with van der Waals surface area (Å²) in [5, 5.41) is 9.26. The first-order valence-corrected chi connectivity index (χ1v) is 4.62. The van der Waals surface area contributed by atoms with Crippen molar-refractivity contribution in [3.8, 4) is 0 Å². The summed E-state index contributed by atoms with van der Waals surface area (Å²) in [5.74, 6) is 1.62. The number of aliphatic hydroxyl groups is 1. The Balaban J connectivity index is 2.14. The van der Waals surface area contributed by atoms with Crippen molar-refractivity contribution in [3.05, 3.63) is 0 Å². The van der Waals surface area contributed by atoms with Gasteiger partial charge in [-0.05, 0) is 31.1 Å². The number of fused-ring (bicyclic) bond motifs is 2. The van der Waals surface area contributed by atoms with Crippen LogP contribution in [0.1, 0.15) is 25.7 Å². The molecule has 2 heteroatoms. The van der Waals surface area contributed by atoms with Crippen LogP contribution in [0.15, 0.2) is 0 Å². The summed E-state index contributed by atoms with van der Waals surface area (Å²) in [6, 6.07) is 0. The van der Waals surface area contributed by atoms with Crippen LogP contribution in [-0.4, -0.2) is 18.3 Å². The summed E-state index contributed by atoms with van der Waals surface area (Å²) in [7, 11) is 0. The molecule has 0 heterocycles. The van der Waals surface area contributed by atoms with Crippen LogP contribution >= 0.6 is 0 Å². The van der Waals surface area contributed by atoms with E-state index in [2.05, 4.69) is 0 Å². The SMILES string of the molecule is NCC1(CO)CC2CCC1C2. The molecule has 0 radical (unpaired) electrons. The van der Waals surface area contributed by atoms with E-state index in [0.717, 1.165) is 11.8 Å². The Bertz CT molecular complexity index is 154. The highest BCUT2D eigenvalue weighted by atomic mass is 16.3. The van der Waals surface area contributed by atoms with Crippen molar-refractivity contribution in [1.29, 1.82) is 0 Å². The molecule has 3 unspecified atom stereocenters. The molecule has 2 rings (SSSR count). The van der Waals surface area contributed by atoms with Gasteiger partial charge in [0, 0.05) is 12.0 Å². The number of hydrogen-bond acceptors (Lipinski definition) is 2. The molecule has 0 spiro atoms. The van der Waals surface area contributed by atoms with Gasteiger partial charge in [0.1, 0.15) is 0 Å². The highest BCUT2D eigenvalue weighted by molar-refractivity contribution is 5.00. The normalized spacial score (nSPS) is 48.5. The van der Waals surface area contributed by atoms with Gasteiger partial charge in [-0.15, -0.1) is 0 Å². The fourth-order valence-corrected chi connectivity index (χ4v) is 3.07. The Morgan fingerprint density at radius 2 is 2.27 bits per heavy atom. The van der Waals surface area contributed by atoms with Gasteiger partial charge in [0.2, 0.25) is 0 Å². The molecule has 0 amide bonds. The second kappa shape index (κ2) is 2.46. The van der Waals surface area contributed by atoms with Gasteiger partial charge in [0.15, 0.2) is 0 Å². The van der Waals surface area contributed by atoms with E-state index in [9.17, 15) is 5.11 Å². The van der Waals surface area contributed by atoms with Crippen LogP contribution < -0.4 is 5.73 Å². The fraction of sp³-hybridized carbons (Fsp3) is 1.00. The summed E-state index contributed by atoms with van der Waals surface area (Å²) in [4.78, 5) is 0. The second-order valence-electron chi connectivity index (χ2n) is 4.30. The van der Waals surface area contributed by atoms with Gasteiger partial charge in [-0.1, -0.05) is 6.42 Å². The number of rotatable bonds is 2. The van der Waals surface area contributed by atoms with E-state index >= 15 is 0 Å². The standard InChI is InChI=1S/C9H17NO/c10-5-9(6-11)4-7-1-2-8(9)3-7/h7-8,11H,1-6,10H2. The zero-order valence-electron chi connectivity index (χ0n) is 6.92. The van der Waals surface area contributed by atoms with Gasteiger partial charge in [0.05, 0.1) is 6.61 Å². The topological polar surface area (TPSA) is 46.2 Å². The molecule has 2 aliphatic carbocycles. The van der Waals surface area contributed by atoms with Crippen molar-refractivity contribution >= 4 is 0 Å². The number of nitrogens with two attached hydrogens (primary N) is 1. The van der Waals surface area contributed by atoms with Crippen molar-refractivity contribution in [2.45, 2.75) is 25.7 Å². The van der Waals surface area contributed by atoms with Gasteiger partial charge < -0.3 is 10.8 Å². The monoisotopic (exact) mass is 155 g/mol. The summed E-state index contributed by atoms with van der Waals surface area (Å²) < 4.78 is 0. The molecule has 3 atom stereocenters. The zero-order chi connectivity index (χ0) is 7.90. The predicted octanol–water partition coefficient (Wildman–Crippen LogP) is 0.744. The molecule has 2 nitrogen and oxygen atoms in total. The summed E-state index contributed by atoms with van der Waals surface area (Å²) in [6.07, 6.45) is 5.21. The molecule has 3 N–H and O–H groups in total. The molecule has 0 aromatic rings. The van der Waals surface area contributed by atoms with E-state index in [1.165, 1.54) is 25.7 Å². The van der Waals surface area contributed by atoms with Crippen LogP contribution in [0.5, 0.6) is 0 Å². The van der Waals surface area contributed by atoms with Crippen LogP contribution in [0, 0.1) is 17.3 Å². The molecule has 64 valence electrons. The van der Waals surface area contributed by atoms with E-state index in [-0.39, 0.29) is 5.41 Å². The van der Waals surface area contributed by atoms with Gasteiger partial charge in [-0.2, -0.15) is 0 Å². The maximum absolute atomic E-state index is 9.26. The molecule has 2 fully saturated rings. The van der Waals surface area contributed by atoms with Crippen LogP contribution in [-0.2, 0) is 0 Å². The van der Waals surface area contributed by atoms with Crippen molar-refractivity contribution in [3.63, 3.8) is 0 Å². The maximum atomic E-state index is 9.26. The van der Waals surface area contributed by atoms with Crippen LogP contribution in [0.3, 0.4) is 0 Å². The molecular formula is C9H17NO. The molecule has 0 aromatic heterocycles. The molecular weight excluding hydrogens is 138 g/mol. The van der Waals surface area contributed by atoms with E-state index in [1.807, 2.05) is 0 Å². The lowest BCUT2D eigenvalue weighted by molar-refractivity contribution is 0.0734. The molecule has 2 saturated carbocycles. The highest BCUT2D eigenvalue weighted by Gasteiger charge is 2.49. The predicted molar refractivity (Wildman–Crippen MR) is 44.0 cm³/mol. The molecule has 11 heavy (non-hydrogen) atoms. The van der Waals surface area contributed by atoms with Crippen LogP contribution in [0.4, 0.5) is 0 Å². The third-order valence-electron chi connectivity index (χ3n) is 3.82. The third-order valence-corrected chi connectivity index (χ3v) is 3.82. The van der Waals surface area contributed by atoms with E-state index in [0.29, 0.717) is 13.2 Å². The largest absolute Gasteiger partial charge is 0.396 e. The quantitative estimate of drug-likeness (QED) is 0.618. The number of hydrogen-bond donors (Lipinski definition) is 2. The minimum atomic E-state index is 0.128. The van der Waals surface area contributed by atoms with Gasteiger partial charge in [-0.25, -0.2) is 0 Å². The maximum Gasteiger partial charge on any atom is 0.0502 e. The Hall–Kier alpha value is -0.0800. The first kappa shape index (κ1) is 7.56. The molecule has 2 aliphatic rings. The van der Waals surface area contributed by atoms with Crippen molar-refractivity contribution < 1.29 is 5.11 Å². The molecule has 0 saturated heterocycles. The van der Waals surface area contributed by atoms with Crippen LogP contribution in [0.2, 0.25) is 0 Å². The minimum Gasteiger partial charge on any atom is -0.396 e. The lowest BCUT2D eigenvalue weighted by Gasteiger charge is -2.34. The highest BCUT2D eigenvalue weighted by Crippen LogP contribution is 2.55. The first-order valence-electron chi connectivity index (χ1n) is 4.62. The lowest BCUT2D eigenvalue weighted by atomic mass is 9.74. The first-order chi connectivity index (χ1) is 5.30. The minimum absolute atomic E-state index is 0.128. The fourth-order valence-electron chi connectivity index (χ4n) is 3.07. The van der Waals surface area contributed by atoms with Gasteiger partial charge in [-0.3, -0.25) is 0 Å². The van der Waals surface area contributed by atoms with E-state index in [4.69, 9.17) is 5.73 Å². The van der Waals surface area contributed by atoms with Gasteiger partial charge in [0.25, 0.3) is 0 Å².